The van der Waals surface area contributed by atoms with Crippen LogP contribution in [0.3, 0.4) is 0 Å². The monoisotopic (exact) mass is 467 g/mol. The van der Waals surface area contributed by atoms with Crippen molar-refractivity contribution in [3.63, 3.8) is 0 Å². The average molecular weight is 468 g/mol. The Labute approximate surface area is 197 Å². The molecule has 0 aliphatic rings. The van der Waals surface area contributed by atoms with Gasteiger partial charge in [0.05, 0.1) is 22.5 Å². The van der Waals surface area contributed by atoms with Crippen molar-refractivity contribution in [2.24, 2.45) is 0 Å². The highest BCUT2D eigenvalue weighted by Gasteiger charge is 2.18. The molecule has 0 unspecified atom stereocenters. The summed E-state index contributed by atoms with van der Waals surface area (Å²) in [5.74, 6) is 6.84. The van der Waals surface area contributed by atoms with E-state index in [1.54, 1.807) is 48.7 Å². The molecule has 3 aromatic carbocycles. The predicted molar refractivity (Wildman–Crippen MR) is 135 cm³/mol. The smallest absolute Gasteiger partial charge is 0.268 e. The van der Waals surface area contributed by atoms with Gasteiger partial charge in [-0.2, -0.15) is 0 Å². The van der Waals surface area contributed by atoms with Gasteiger partial charge in [-0.3, -0.25) is 0 Å². The van der Waals surface area contributed by atoms with Gasteiger partial charge in [-0.25, -0.2) is 22.4 Å². The van der Waals surface area contributed by atoms with Gasteiger partial charge in [-0.15, -0.1) is 0 Å². The molecule has 2 aromatic heterocycles. The van der Waals surface area contributed by atoms with Crippen LogP contribution < -0.4 is 10.6 Å². The number of fused-ring (bicyclic) bond motifs is 2. The standard InChI is InChI=1S/C26H21N5O2S/c1-27-14-5-6-19-9-11-24-23(16-19)26(29-18-28-24)30-21-10-12-25-20(17-21)13-15-31(25)34(32,33)22-7-3-2-4-8-22/h2-4,7-13,15-18,27H,14H2,1H3,(H,28,29,30). The molecule has 7 nitrogen and oxygen atoms in total. The van der Waals surface area contributed by atoms with Gasteiger partial charge in [0.2, 0.25) is 0 Å². The summed E-state index contributed by atoms with van der Waals surface area (Å²) in [6.07, 6.45) is 3.09. The van der Waals surface area contributed by atoms with E-state index in [-0.39, 0.29) is 4.90 Å². The molecule has 2 heterocycles. The zero-order valence-corrected chi connectivity index (χ0v) is 19.2. The second-order valence-electron chi connectivity index (χ2n) is 7.61. The molecule has 0 amide bonds. The first kappa shape index (κ1) is 21.6. The molecule has 34 heavy (non-hydrogen) atoms. The van der Waals surface area contributed by atoms with Crippen LogP contribution >= 0.6 is 0 Å². The van der Waals surface area contributed by atoms with E-state index in [1.165, 1.54) is 10.3 Å². The number of nitrogens with one attached hydrogen (secondary N) is 2. The van der Waals surface area contributed by atoms with E-state index in [1.807, 2.05) is 37.4 Å². The van der Waals surface area contributed by atoms with Crippen molar-refractivity contribution in [3.8, 4) is 11.8 Å². The molecule has 0 radical (unpaired) electrons. The molecule has 5 aromatic rings. The molecule has 0 fully saturated rings. The topological polar surface area (TPSA) is 88.9 Å². The fourth-order valence-corrected chi connectivity index (χ4v) is 5.09. The second kappa shape index (κ2) is 8.98. The van der Waals surface area contributed by atoms with Gasteiger partial charge in [-0.05, 0) is 61.6 Å². The lowest BCUT2D eigenvalue weighted by Gasteiger charge is -2.10. The van der Waals surface area contributed by atoms with Gasteiger partial charge < -0.3 is 10.6 Å². The van der Waals surface area contributed by atoms with Gasteiger partial charge in [0.25, 0.3) is 10.0 Å². The number of hydrogen-bond donors (Lipinski definition) is 2. The molecule has 168 valence electrons. The van der Waals surface area contributed by atoms with E-state index in [0.29, 0.717) is 17.9 Å². The molecule has 0 aliphatic carbocycles. The van der Waals surface area contributed by atoms with Crippen molar-refractivity contribution in [2.75, 3.05) is 18.9 Å². The van der Waals surface area contributed by atoms with Crippen LogP contribution in [0.1, 0.15) is 5.56 Å². The molecular formula is C26H21N5O2S. The molecule has 0 atom stereocenters. The van der Waals surface area contributed by atoms with Crippen LogP contribution in [-0.4, -0.2) is 36.0 Å². The number of hydrogen-bond acceptors (Lipinski definition) is 6. The minimum atomic E-state index is -3.68. The van der Waals surface area contributed by atoms with E-state index in [2.05, 4.69) is 32.4 Å². The third-order valence-electron chi connectivity index (χ3n) is 5.35. The molecule has 0 aliphatic heterocycles. The third-order valence-corrected chi connectivity index (χ3v) is 7.05. The van der Waals surface area contributed by atoms with Gasteiger partial charge in [-0.1, -0.05) is 30.0 Å². The molecule has 8 heteroatoms. The van der Waals surface area contributed by atoms with Crippen LogP contribution in [0.4, 0.5) is 11.5 Å². The van der Waals surface area contributed by atoms with Crippen LogP contribution in [0.2, 0.25) is 0 Å². The summed E-state index contributed by atoms with van der Waals surface area (Å²) in [7, 11) is -1.82. The molecule has 0 bridgehead atoms. The predicted octanol–water partition coefficient (Wildman–Crippen LogP) is 4.14. The Morgan fingerprint density at radius 3 is 2.65 bits per heavy atom. The number of benzene rings is 3. The largest absolute Gasteiger partial charge is 0.340 e. The number of nitrogens with zero attached hydrogens (tertiary/aromatic N) is 3. The normalized spacial score (nSPS) is 11.3. The Morgan fingerprint density at radius 2 is 1.82 bits per heavy atom. The molecule has 0 saturated heterocycles. The third kappa shape index (κ3) is 4.10. The van der Waals surface area contributed by atoms with Crippen LogP contribution in [0.25, 0.3) is 21.8 Å². The van der Waals surface area contributed by atoms with Crippen molar-refractivity contribution in [3.05, 3.63) is 90.9 Å². The van der Waals surface area contributed by atoms with Crippen LogP contribution in [-0.2, 0) is 10.0 Å². The highest BCUT2D eigenvalue weighted by atomic mass is 32.2. The van der Waals surface area contributed by atoms with E-state index in [0.717, 1.165) is 27.5 Å². The maximum absolute atomic E-state index is 13.1. The first-order valence-electron chi connectivity index (χ1n) is 10.6. The van der Waals surface area contributed by atoms with Crippen molar-refractivity contribution >= 4 is 43.3 Å². The molecule has 0 saturated carbocycles. The Balaban J connectivity index is 1.50. The molecule has 2 N–H and O–H groups in total. The fraction of sp³-hybridized carbons (Fsp3) is 0.0769. The van der Waals surface area contributed by atoms with Gasteiger partial charge >= 0.3 is 0 Å². The van der Waals surface area contributed by atoms with Gasteiger partial charge in [0.1, 0.15) is 12.1 Å². The summed E-state index contributed by atoms with van der Waals surface area (Å²) in [6, 6.07) is 21.5. The SMILES string of the molecule is CNCC#Cc1ccc2ncnc(Nc3ccc4c(ccn4S(=O)(=O)c4ccccc4)c3)c2c1. The van der Waals surface area contributed by atoms with E-state index in [9.17, 15) is 8.42 Å². The maximum Gasteiger partial charge on any atom is 0.268 e. The minimum Gasteiger partial charge on any atom is -0.340 e. The zero-order valence-electron chi connectivity index (χ0n) is 18.4. The summed E-state index contributed by atoms with van der Waals surface area (Å²) < 4.78 is 27.4. The number of aromatic nitrogens is 3. The summed E-state index contributed by atoms with van der Waals surface area (Å²) >= 11 is 0. The Bertz CT molecular complexity index is 1670. The lowest BCUT2D eigenvalue weighted by molar-refractivity contribution is 0.589. The first-order valence-corrected chi connectivity index (χ1v) is 12.1. The minimum absolute atomic E-state index is 0.246. The van der Waals surface area contributed by atoms with E-state index < -0.39 is 10.0 Å². The number of anilines is 2. The molecule has 0 spiro atoms. The summed E-state index contributed by atoms with van der Waals surface area (Å²) in [5, 5.41) is 7.99. The summed E-state index contributed by atoms with van der Waals surface area (Å²) in [4.78, 5) is 9.01. The summed E-state index contributed by atoms with van der Waals surface area (Å²) in [6.45, 7) is 0.605. The fourth-order valence-electron chi connectivity index (χ4n) is 3.72. The molecular weight excluding hydrogens is 446 g/mol. The van der Waals surface area contributed by atoms with E-state index >= 15 is 0 Å². The van der Waals surface area contributed by atoms with E-state index in [4.69, 9.17) is 0 Å². The zero-order chi connectivity index (χ0) is 23.5. The Morgan fingerprint density at radius 1 is 0.971 bits per heavy atom. The van der Waals surface area contributed by atoms with Gasteiger partial charge in [0.15, 0.2) is 0 Å². The van der Waals surface area contributed by atoms with Crippen molar-refractivity contribution in [1.29, 1.82) is 0 Å². The average Bonchev–Trinajstić information content (AvgIpc) is 3.29. The van der Waals surface area contributed by atoms with Crippen molar-refractivity contribution < 1.29 is 8.42 Å². The maximum atomic E-state index is 13.1. The first-order chi connectivity index (χ1) is 16.6. The quantitative estimate of drug-likeness (QED) is 0.378. The highest BCUT2D eigenvalue weighted by Crippen LogP contribution is 2.28. The molecule has 5 rings (SSSR count). The van der Waals surface area contributed by atoms with Gasteiger partial charge in [0, 0.05) is 28.2 Å². The highest BCUT2D eigenvalue weighted by molar-refractivity contribution is 7.90. The van der Waals surface area contributed by atoms with Crippen LogP contribution in [0.5, 0.6) is 0 Å². The summed E-state index contributed by atoms with van der Waals surface area (Å²) in [5.41, 5.74) is 3.06. The second-order valence-corrected chi connectivity index (χ2v) is 9.43. The Kier molecular flexibility index (Phi) is 5.72. The van der Waals surface area contributed by atoms with Crippen LogP contribution in [0, 0.1) is 11.8 Å². The Hall–Kier alpha value is -4.19. The van der Waals surface area contributed by atoms with Crippen LogP contribution in [0.15, 0.2) is 90.2 Å². The van der Waals surface area contributed by atoms with Crippen molar-refractivity contribution in [2.45, 2.75) is 4.90 Å². The number of rotatable bonds is 5. The van der Waals surface area contributed by atoms with Crippen molar-refractivity contribution in [1.82, 2.24) is 19.3 Å². The lowest BCUT2D eigenvalue weighted by Crippen LogP contribution is -2.11. The lowest BCUT2D eigenvalue weighted by atomic mass is 10.1.